The van der Waals surface area contributed by atoms with Crippen LogP contribution >= 0.6 is 0 Å². The molecule has 28 heavy (non-hydrogen) atoms. The number of aryl methyl sites for hydroxylation is 3. The summed E-state index contributed by atoms with van der Waals surface area (Å²) in [6.07, 6.45) is 3.47. The SMILES string of the molecule is CCn1cc(C(=O)N[C@@H]2CCc3n[nH]c(=O)cc3C2)c(=O)c2ccc(C)nc21. The molecule has 8 heteroatoms. The van der Waals surface area contributed by atoms with Crippen molar-refractivity contribution in [2.45, 2.75) is 45.7 Å². The van der Waals surface area contributed by atoms with E-state index in [1.54, 1.807) is 18.3 Å². The monoisotopic (exact) mass is 379 g/mol. The van der Waals surface area contributed by atoms with Gasteiger partial charge in [-0.15, -0.1) is 0 Å². The number of aromatic nitrogens is 4. The van der Waals surface area contributed by atoms with Crippen molar-refractivity contribution < 1.29 is 4.79 Å². The first kappa shape index (κ1) is 18.1. The highest BCUT2D eigenvalue weighted by Crippen LogP contribution is 2.18. The first-order chi connectivity index (χ1) is 13.5. The van der Waals surface area contributed by atoms with E-state index in [1.165, 1.54) is 6.07 Å². The molecule has 1 amide bonds. The molecule has 3 aromatic rings. The standard InChI is InChI=1S/C20H21N5O3/c1-3-25-10-15(18(27)14-6-4-11(2)21-19(14)25)20(28)22-13-5-7-16-12(8-13)9-17(26)24-23-16/h4,6,9-10,13H,3,5,7-8H2,1-2H3,(H,22,28)(H,24,26)/t13-/m1/s1. The summed E-state index contributed by atoms with van der Waals surface area (Å²) in [6.45, 7) is 4.41. The Morgan fingerprint density at radius 1 is 1.36 bits per heavy atom. The summed E-state index contributed by atoms with van der Waals surface area (Å²) < 4.78 is 1.82. The number of hydrogen-bond donors (Lipinski definition) is 2. The molecule has 0 fully saturated rings. The molecule has 144 valence electrons. The maximum Gasteiger partial charge on any atom is 0.264 e. The van der Waals surface area contributed by atoms with Crippen LogP contribution in [0.4, 0.5) is 0 Å². The van der Waals surface area contributed by atoms with Gasteiger partial charge in [0.25, 0.3) is 11.5 Å². The van der Waals surface area contributed by atoms with Gasteiger partial charge < -0.3 is 9.88 Å². The summed E-state index contributed by atoms with van der Waals surface area (Å²) in [5, 5.41) is 9.88. The summed E-state index contributed by atoms with van der Waals surface area (Å²) in [5.41, 5.74) is 2.62. The Kier molecular flexibility index (Phi) is 4.54. The zero-order valence-electron chi connectivity index (χ0n) is 15.8. The molecule has 1 atom stereocenters. The van der Waals surface area contributed by atoms with E-state index < -0.39 is 5.91 Å². The normalized spacial score (nSPS) is 16.0. The Balaban J connectivity index is 1.64. The van der Waals surface area contributed by atoms with Crippen LogP contribution in [-0.2, 0) is 19.4 Å². The number of nitrogens with zero attached hydrogens (tertiary/aromatic N) is 3. The van der Waals surface area contributed by atoms with E-state index in [0.717, 1.165) is 17.0 Å². The zero-order chi connectivity index (χ0) is 19.8. The van der Waals surface area contributed by atoms with Crippen LogP contribution in [0.25, 0.3) is 11.0 Å². The number of H-pyrrole nitrogens is 1. The number of carbonyl (C=O) groups excluding carboxylic acids is 1. The third kappa shape index (κ3) is 3.21. The van der Waals surface area contributed by atoms with Crippen LogP contribution in [-0.4, -0.2) is 31.7 Å². The fourth-order valence-corrected chi connectivity index (χ4v) is 3.69. The molecule has 0 unspecified atom stereocenters. The Labute approximate surface area is 160 Å². The summed E-state index contributed by atoms with van der Waals surface area (Å²) in [6, 6.07) is 4.87. The quantitative estimate of drug-likeness (QED) is 0.708. The number of aromatic amines is 1. The Morgan fingerprint density at radius 3 is 2.96 bits per heavy atom. The lowest BCUT2D eigenvalue weighted by molar-refractivity contribution is 0.0932. The number of fused-ring (bicyclic) bond motifs is 2. The van der Waals surface area contributed by atoms with E-state index >= 15 is 0 Å². The van der Waals surface area contributed by atoms with Crippen LogP contribution in [0, 0.1) is 6.92 Å². The van der Waals surface area contributed by atoms with Gasteiger partial charge in [-0.1, -0.05) is 0 Å². The summed E-state index contributed by atoms with van der Waals surface area (Å²) in [7, 11) is 0. The number of pyridine rings is 2. The van der Waals surface area contributed by atoms with Crippen LogP contribution in [0.15, 0.2) is 34.0 Å². The molecule has 1 aliphatic carbocycles. The van der Waals surface area contributed by atoms with Crippen molar-refractivity contribution in [1.82, 2.24) is 25.1 Å². The molecular weight excluding hydrogens is 358 g/mol. The molecule has 4 rings (SSSR count). The van der Waals surface area contributed by atoms with Gasteiger partial charge in [-0.05, 0) is 50.8 Å². The van der Waals surface area contributed by atoms with Gasteiger partial charge >= 0.3 is 0 Å². The molecule has 0 saturated carbocycles. The van der Waals surface area contributed by atoms with Crippen molar-refractivity contribution in [3.63, 3.8) is 0 Å². The van der Waals surface area contributed by atoms with Crippen LogP contribution in [0.1, 0.15) is 40.7 Å². The highest BCUT2D eigenvalue weighted by Gasteiger charge is 2.24. The number of amides is 1. The third-order valence-corrected chi connectivity index (χ3v) is 5.15. The molecule has 3 aromatic heterocycles. The van der Waals surface area contributed by atoms with Gasteiger partial charge in [0.05, 0.1) is 11.1 Å². The second-order valence-electron chi connectivity index (χ2n) is 7.10. The van der Waals surface area contributed by atoms with E-state index in [2.05, 4.69) is 20.5 Å². The zero-order valence-corrected chi connectivity index (χ0v) is 15.8. The maximum absolute atomic E-state index is 12.9. The molecule has 0 spiro atoms. The number of nitrogens with one attached hydrogen (secondary N) is 2. The number of hydrogen-bond acceptors (Lipinski definition) is 5. The van der Waals surface area contributed by atoms with Gasteiger partial charge in [0, 0.05) is 30.5 Å². The molecular formula is C20H21N5O3. The first-order valence-electron chi connectivity index (χ1n) is 9.35. The molecule has 8 nitrogen and oxygen atoms in total. The van der Waals surface area contributed by atoms with Crippen molar-refractivity contribution >= 4 is 16.9 Å². The van der Waals surface area contributed by atoms with Gasteiger partial charge in [0.15, 0.2) is 0 Å². The minimum atomic E-state index is -0.402. The maximum atomic E-state index is 12.9. The van der Waals surface area contributed by atoms with Gasteiger partial charge in [-0.3, -0.25) is 14.4 Å². The Bertz CT molecular complexity index is 1190. The minimum Gasteiger partial charge on any atom is -0.349 e. The summed E-state index contributed by atoms with van der Waals surface area (Å²) in [5.74, 6) is -0.402. The average Bonchev–Trinajstić information content (AvgIpc) is 2.67. The summed E-state index contributed by atoms with van der Waals surface area (Å²) >= 11 is 0. The molecule has 1 aliphatic rings. The lowest BCUT2D eigenvalue weighted by Crippen LogP contribution is -2.41. The van der Waals surface area contributed by atoms with Crippen molar-refractivity contribution in [2.75, 3.05) is 0 Å². The second-order valence-corrected chi connectivity index (χ2v) is 7.10. The van der Waals surface area contributed by atoms with Crippen molar-refractivity contribution in [1.29, 1.82) is 0 Å². The Hall–Kier alpha value is -3.29. The first-order valence-corrected chi connectivity index (χ1v) is 9.35. The van der Waals surface area contributed by atoms with Gasteiger partial charge in [0.1, 0.15) is 11.2 Å². The highest BCUT2D eigenvalue weighted by molar-refractivity contribution is 5.97. The minimum absolute atomic E-state index is 0.106. The molecule has 0 bridgehead atoms. The molecule has 0 aromatic carbocycles. The fraction of sp³-hybridized carbons (Fsp3) is 0.350. The van der Waals surface area contributed by atoms with Crippen molar-refractivity contribution in [3.8, 4) is 0 Å². The van der Waals surface area contributed by atoms with Gasteiger partial charge in [-0.2, -0.15) is 5.10 Å². The lowest BCUT2D eigenvalue weighted by atomic mass is 9.92. The fourth-order valence-electron chi connectivity index (χ4n) is 3.69. The highest BCUT2D eigenvalue weighted by atomic mass is 16.2. The largest absolute Gasteiger partial charge is 0.349 e. The van der Waals surface area contributed by atoms with Crippen LogP contribution < -0.4 is 16.3 Å². The van der Waals surface area contributed by atoms with E-state index in [1.807, 2.05) is 18.4 Å². The predicted molar refractivity (Wildman–Crippen MR) is 105 cm³/mol. The third-order valence-electron chi connectivity index (χ3n) is 5.15. The molecule has 0 radical (unpaired) electrons. The molecule has 0 saturated heterocycles. The molecule has 0 aliphatic heterocycles. The second kappa shape index (κ2) is 7.03. The van der Waals surface area contributed by atoms with Crippen molar-refractivity contribution in [3.05, 3.63) is 67.5 Å². The molecule has 2 N–H and O–H groups in total. The van der Waals surface area contributed by atoms with E-state index in [4.69, 9.17) is 0 Å². The van der Waals surface area contributed by atoms with Gasteiger partial charge in [0.2, 0.25) is 5.43 Å². The average molecular weight is 379 g/mol. The van der Waals surface area contributed by atoms with Crippen LogP contribution in [0.2, 0.25) is 0 Å². The predicted octanol–water partition coefficient (Wildman–Crippen LogP) is 1.10. The lowest BCUT2D eigenvalue weighted by Gasteiger charge is -2.24. The van der Waals surface area contributed by atoms with E-state index in [-0.39, 0.29) is 22.6 Å². The topological polar surface area (TPSA) is 110 Å². The van der Waals surface area contributed by atoms with Crippen molar-refractivity contribution in [2.24, 2.45) is 0 Å². The molecule has 3 heterocycles. The Morgan fingerprint density at radius 2 is 2.18 bits per heavy atom. The summed E-state index contributed by atoms with van der Waals surface area (Å²) in [4.78, 5) is 41.7. The van der Waals surface area contributed by atoms with E-state index in [0.29, 0.717) is 36.8 Å². The number of rotatable bonds is 3. The van der Waals surface area contributed by atoms with Crippen LogP contribution in [0.3, 0.4) is 0 Å². The smallest absolute Gasteiger partial charge is 0.264 e. The number of carbonyl (C=O) groups is 1. The van der Waals surface area contributed by atoms with E-state index in [9.17, 15) is 14.4 Å². The van der Waals surface area contributed by atoms with Crippen LogP contribution in [0.5, 0.6) is 0 Å². The van der Waals surface area contributed by atoms with Gasteiger partial charge in [-0.25, -0.2) is 10.1 Å².